The summed E-state index contributed by atoms with van der Waals surface area (Å²) in [5, 5.41) is 5.77. The third kappa shape index (κ3) is 3.44. The Morgan fingerprint density at radius 1 is 1.68 bits per heavy atom. The second-order valence-electron chi connectivity index (χ2n) is 4.47. The maximum absolute atomic E-state index is 11.7. The van der Waals surface area contributed by atoms with Gasteiger partial charge in [-0.15, -0.1) is 11.3 Å². The number of hydrogen-bond acceptors (Lipinski definition) is 6. The molecule has 1 amide bonds. The van der Waals surface area contributed by atoms with Crippen molar-refractivity contribution < 1.29 is 14.3 Å². The Kier molecular flexibility index (Phi) is 4.36. The van der Waals surface area contributed by atoms with Crippen molar-refractivity contribution in [3.05, 3.63) is 11.1 Å². The van der Waals surface area contributed by atoms with Crippen LogP contribution in [0, 0.1) is 0 Å². The Balaban J connectivity index is 1.87. The molecule has 1 fully saturated rings. The first kappa shape index (κ1) is 13.8. The molecule has 2 heterocycles. The number of likely N-dealkylation sites (tertiary alicyclic amines) is 1. The summed E-state index contributed by atoms with van der Waals surface area (Å²) >= 11 is 1.45. The van der Waals surface area contributed by atoms with Gasteiger partial charge in [-0.1, -0.05) is 0 Å². The first-order valence-corrected chi connectivity index (χ1v) is 7.01. The van der Waals surface area contributed by atoms with E-state index in [0.717, 1.165) is 23.8 Å². The van der Waals surface area contributed by atoms with Crippen LogP contribution in [0.15, 0.2) is 5.38 Å². The van der Waals surface area contributed by atoms with Crippen LogP contribution in [-0.4, -0.2) is 48.5 Å². The van der Waals surface area contributed by atoms with Gasteiger partial charge in [-0.25, -0.2) is 4.98 Å². The Bertz CT molecular complexity index is 475. The van der Waals surface area contributed by atoms with Gasteiger partial charge >= 0.3 is 5.97 Å². The van der Waals surface area contributed by atoms with Gasteiger partial charge in [-0.3, -0.25) is 9.59 Å². The number of rotatable bonds is 5. The zero-order valence-corrected chi connectivity index (χ0v) is 11.8. The van der Waals surface area contributed by atoms with Gasteiger partial charge in [0.2, 0.25) is 5.91 Å². The number of likely N-dealkylation sites (N-methyl/N-ethyl adjacent to an activating group) is 1. The third-order valence-corrected chi connectivity index (χ3v) is 3.91. The summed E-state index contributed by atoms with van der Waals surface area (Å²) in [5.41, 5.74) is 0.844. The molecule has 0 spiro atoms. The van der Waals surface area contributed by atoms with Crippen LogP contribution < -0.4 is 5.32 Å². The number of ether oxygens (including phenoxy) is 1. The molecule has 7 heteroatoms. The summed E-state index contributed by atoms with van der Waals surface area (Å²) in [6.07, 6.45) is 1.68. The molecule has 0 aromatic carbocycles. The minimum atomic E-state index is -0.241. The van der Waals surface area contributed by atoms with Crippen molar-refractivity contribution in [2.45, 2.75) is 25.3 Å². The molecule has 1 unspecified atom stereocenters. The number of nitrogens with one attached hydrogen (secondary N) is 1. The number of methoxy groups -OCH3 is 1. The number of nitrogens with zero attached hydrogens (tertiary/aromatic N) is 2. The van der Waals surface area contributed by atoms with Crippen molar-refractivity contribution >= 4 is 28.3 Å². The maximum Gasteiger partial charge on any atom is 0.305 e. The fourth-order valence-electron chi connectivity index (χ4n) is 1.93. The molecule has 1 aromatic rings. The van der Waals surface area contributed by atoms with Crippen LogP contribution in [-0.2, 0) is 20.7 Å². The first-order valence-electron chi connectivity index (χ1n) is 6.13. The fourth-order valence-corrected chi connectivity index (χ4v) is 2.72. The number of hydrogen-bond donors (Lipinski definition) is 1. The van der Waals surface area contributed by atoms with Gasteiger partial charge in [0.1, 0.15) is 6.04 Å². The summed E-state index contributed by atoms with van der Waals surface area (Å²) in [4.78, 5) is 28.9. The highest BCUT2D eigenvalue weighted by Crippen LogP contribution is 2.20. The summed E-state index contributed by atoms with van der Waals surface area (Å²) in [5.74, 6) is -0.138. The molecule has 0 aliphatic carbocycles. The minimum absolute atomic E-state index is 0.103. The quantitative estimate of drug-likeness (QED) is 0.813. The third-order valence-electron chi connectivity index (χ3n) is 3.09. The van der Waals surface area contributed by atoms with E-state index in [1.165, 1.54) is 18.4 Å². The van der Waals surface area contributed by atoms with Crippen LogP contribution >= 0.6 is 11.3 Å². The standard InChI is InChI=1S/C12H17N3O3S/c1-15-6-5-9(11(15)17)14-12-13-8(7-19-12)3-4-10(16)18-2/h7,9H,3-6H2,1-2H3,(H,13,14). The molecule has 2 rings (SSSR count). The Hall–Kier alpha value is -1.63. The van der Waals surface area contributed by atoms with Crippen LogP contribution in [0.5, 0.6) is 0 Å². The van der Waals surface area contributed by atoms with Crippen LogP contribution in [0.25, 0.3) is 0 Å². The van der Waals surface area contributed by atoms with Gasteiger partial charge in [0.05, 0.1) is 19.2 Å². The maximum atomic E-state index is 11.7. The Labute approximate surface area is 115 Å². The molecule has 0 saturated carbocycles. The number of carbonyl (C=O) groups excluding carboxylic acids is 2. The molecule has 1 aliphatic rings. The molecule has 0 radical (unpaired) electrons. The second-order valence-corrected chi connectivity index (χ2v) is 5.32. The highest BCUT2D eigenvalue weighted by atomic mass is 32.1. The average molecular weight is 283 g/mol. The monoisotopic (exact) mass is 283 g/mol. The lowest BCUT2D eigenvalue weighted by atomic mass is 10.2. The van der Waals surface area contributed by atoms with E-state index >= 15 is 0 Å². The normalized spacial score (nSPS) is 18.7. The zero-order chi connectivity index (χ0) is 13.8. The second kappa shape index (κ2) is 6.01. The SMILES string of the molecule is COC(=O)CCc1csc(NC2CCN(C)C2=O)n1. The molecule has 1 aromatic heterocycles. The van der Waals surface area contributed by atoms with Crippen LogP contribution in [0.3, 0.4) is 0 Å². The highest BCUT2D eigenvalue weighted by molar-refractivity contribution is 7.13. The van der Waals surface area contributed by atoms with Crippen molar-refractivity contribution in [3.8, 4) is 0 Å². The topological polar surface area (TPSA) is 71.5 Å². The largest absolute Gasteiger partial charge is 0.469 e. The van der Waals surface area contributed by atoms with E-state index < -0.39 is 0 Å². The Morgan fingerprint density at radius 3 is 3.11 bits per heavy atom. The van der Waals surface area contributed by atoms with Gasteiger partial charge in [0.25, 0.3) is 0 Å². The van der Waals surface area contributed by atoms with E-state index in [4.69, 9.17) is 0 Å². The summed E-state index contributed by atoms with van der Waals surface area (Å²) in [6, 6.07) is -0.176. The average Bonchev–Trinajstić information content (AvgIpc) is 2.98. The predicted molar refractivity (Wildman–Crippen MR) is 72.1 cm³/mol. The number of aromatic nitrogens is 1. The van der Waals surface area contributed by atoms with Crippen LogP contribution in [0.1, 0.15) is 18.5 Å². The first-order chi connectivity index (χ1) is 9.10. The van der Waals surface area contributed by atoms with E-state index in [2.05, 4.69) is 15.0 Å². The molecular formula is C12H17N3O3S. The molecule has 1 aliphatic heterocycles. The van der Waals surface area contributed by atoms with E-state index in [9.17, 15) is 9.59 Å². The lowest BCUT2D eigenvalue weighted by Crippen LogP contribution is -2.30. The van der Waals surface area contributed by atoms with Gasteiger partial charge in [0, 0.05) is 25.4 Å². The molecule has 1 saturated heterocycles. The van der Waals surface area contributed by atoms with Crippen LogP contribution in [0.2, 0.25) is 0 Å². The van der Waals surface area contributed by atoms with E-state index in [-0.39, 0.29) is 17.9 Å². The zero-order valence-electron chi connectivity index (χ0n) is 11.0. The van der Waals surface area contributed by atoms with Crippen molar-refractivity contribution in [2.75, 3.05) is 26.0 Å². The number of thiazole rings is 1. The van der Waals surface area contributed by atoms with Gasteiger partial charge in [-0.2, -0.15) is 0 Å². The summed E-state index contributed by atoms with van der Waals surface area (Å²) in [6.45, 7) is 0.775. The smallest absolute Gasteiger partial charge is 0.305 e. The fraction of sp³-hybridized carbons (Fsp3) is 0.583. The molecule has 104 valence electrons. The molecule has 6 nitrogen and oxygen atoms in total. The number of esters is 1. The van der Waals surface area contributed by atoms with Crippen molar-refractivity contribution in [1.29, 1.82) is 0 Å². The number of anilines is 1. The highest BCUT2D eigenvalue weighted by Gasteiger charge is 2.29. The number of amides is 1. The van der Waals surface area contributed by atoms with Crippen molar-refractivity contribution in [1.82, 2.24) is 9.88 Å². The van der Waals surface area contributed by atoms with E-state index in [0.29, 0.717) is 12.8 Å². The molecule has 1 N–H and O–H groups in total. The van der Waals surface area contributed by atoms with E-state index in [1.807, 2.05) is 5.38 Å². The molecular weight excluding hydrogens is 266 g/mol. The minimum Gasteiger partial charge on any atom is -0.469 e. The van der Waals surface area contributed by atoms with Gasteiger partial charge in [-0.05, 0) is 6.42 Å². The Morgan fingerprint density at radius 2 is 2.47 bits per heavy atom. The molecule has 0 bridgehead atoms. The van der Waals surface area contributed by atoms with Crippen molar-refractivity contribution in [3.63, 3.8) is 0 Å². The summed E-state index contributed by atoms with van der Waals surface area (Å²) in [7, 11) is 3.17. The van der Waals surface area contributed by atoms with Crippen molar-refractivity contribution in [2.24, 2.45) is 0 Å². The predicted octanol–water partition coefficient (Wildman–Crippen LogP) is 0.891. The van der Waals surface area contributed by atoms with E-state index in [1.54, 1.807) is 11.9 Å². The van der Waals surface area contributed by atoms with Crippen LogP contribution in [0.4, 0.5) is 5.13 Å². The van der Waals surface area contributed by atoms with Gasteiger partial charge in [0.15, 0.2) is 5.13 Å². The number of carbonyl (C=O) groups is 2. The number of aryl methyl sites for hydroxylation is 1. The van der Waals surface area contributed by atoms with Gasteiger partial charge < -0.3 is 15.0 Å². The lowest BCUT2D eigenvalue weighted by Gasteiger charge is -2.10. The summed E-state index contributed by atoms with van der Waals surface area (Å²) < 4.78 is 4.58. The lowest BCUT2D eigenvalue weighted by molar-refractivity contribution is -0.140. The molecule has 1 atom stereocenters. The molecule has 19 heavy (non-hydrogen) atoms.